The third-order valence-electron chi connectivity index (χ3n) is 7.90. The highest BCUT2D eigenvalue weighted by Crippen LogP contribution is 2.35. The number of hydrogen-bond acceptors (Lipinski definition) is 5. The van der Waals surface area contributed by atoms with Gasteiger partial charge in [-0.2, -0.15) is 9.78 Å². The molecule has 46 heavy (non-hydrogen) atoms. The molecule has 0 saturated carbocycles. The zero-order valence-electron chi connectivity index (χ0n) is 26.1. The summed E-state index contributed by atoms with van der Waals surface area (Å²) in [6.45, 7) is 8.99. The first-order valence-electron chi connectivity index (χ1n) is 15.2. The zero-order chi connectivity index (χ0) is 32.4. The molecule has 0 atom stereocenters. The molecule has 232 valence electrons. The monoisotopic (exact) mass is 649 g/mol. The highest BCUT2D eigenvalue weighted by molar-refractivity contribution is 6.35. The Balaban J connectivity index is 1.53. The van der Waals surface area contributed by atoms with E-state index in [0.29, 0.717) is 39.1 Å². The Hall–Kier alpha value is -4.65. The van der Waals surface area contributed by atoms with E-state index in [4.69, 9.17) is 42.8 Å². The molecular weight excluding hydrogens is 617 g/mol. The Morgan fingerprint density at radius 2 is 1.65 bits per heavy atom. The van der Waals surface area contributed by atoms with Gasteiger partial charge in [0, 0.05) is 26.7 Å². The first-order valence-corrected chi connectivity index (χ1v) is 15.9. The van der Waals surface area contributed by atoms with Gasteiger partial charge < -0.3 is 9.47 Å². The predicted molar refractivity (Wildman–Crippen MR) is 189 cm³/mol. The van der Waals surface area contributed by atoms with Crippen molar-refractivity contribution in [2.45, 2.75) is 40.2 Å². The van der Waals surface area contributed by atoms with Gasteiger partial charge in [-0.3, -0.25) is 4.79 Å². The third-order valence-corrected chi connectivity index (χ3v) is 8.49. The van der Waals surface area contributed by atoms with E-state index in [1.54, 1.807) is 24.4 Å². The molecule has 0 aliphatic carbocycles. The average molecular weight is 651 g/mol. The number of rotatable bonds is 9. The van der Waals surface area contributed by atoms with Gasteiger partial charge >= 0.3 is 0 Å². The van der Waals surface area contributed by atoms with Crippen molar-refractivity contribution in [3.63, 3.8) is 0 Å². The van der Waals surface area contributed by atoms with Crippen molar-refractivity contribution < 1.29 is 9.47 Å². The molecular formula is C38H33Cl2N3O3. The van der Waals surface area contributed by atoms with Crippen LogP contribution in [0.15, 0.2) is 101 Å². The maximum atomic E-state index is 14.1. The van der Waals surface area contributed by atoms with Gasteiger partial charge in [-0.05, 0) is 84.1 Å². The van der Waals surface area contributed by atoms with Gasteiger partial charge in [0.1, 0.15) is 18.1 Å². The molecule has 0 unspecified atom stereocenters. The van der Waals surface area contributed by atoms with E-state index in [9.17, 15) is 4.79 Å². The maximum absolute atomic E-state index is 14.1. The molecule has 0 bridgehead atoms. The minimum Gasteiger partial charge on any atom is -0.494 e. The number of aryl methyl sites for hydroxylation is 1. The van der Waals surface area contributed by atoms with Gasteiger partial charge in [-0.15, -0.1) is 0 Å². The quantitative estimate of drug-likeness (QED) is 0.146. The van der Waals surface area contributed by atoms with E-state index in [1.807, 2.05) is 80.6 Å². The summed E-state index contributed by atoms with van der Waals surface area (Å²) in [5, 5.41) is 8.32. The lowest BCUT2D eigenvalue weighted by Gasteiger charge is -2.18. The van der Waals surface area contributed by atoms with Crippen LogP contribution in [0.2, 0.25) is 10.0 Å². The molecule has 6 rings (SSSR count). The lowest BCUT2D eigenvalue weighted by atomic mass is 9.96. The molecule has 1 heterocycles. The van der Waals surface area contributed by atoms with Crippen LogP contribution in [-0.4, -0.2) is 22.5 Å². The minimum atomic E-state index is -0.271. The number of halogens is 2. The molecule has 8 heteroatoms. The second-order valence-corrected chi connectivity index (χ2v) is 12.2. The largest absolute Gasteiger partial charge is 0.494 e. The van der Waals surface area contributed by atoms with Crippen LogP contribution in [-0.2, 0) is 6.61 Å². The molecule has 0 spiro atoms. The van der Waals surface area contributed by atoms with E-state index in [0.717, 1.165) is 44.3 Å². The zero-order valence-corrected chi connectivity index (χ0v) is 27.6. The minimum absolute atomic E-state index is 0.189. The van der Waals surface area contributed by atoms with E-state index < -0.39 is 0 Å². The summed E-state index contributed by atoms with van der Waals surface area (Å²) in [7, 11) is 0. The van der Waals surface area contributed by atoms with E-state index in [2.05, 4.69) is 19.9 Å². The van der Waals surface area contributed by atoms with Crippen LogP contribution in [0.4, 0.5) is 0 Å². The number of benzene rings is 5. The summed E-state index contributed by atoms with van der Waals surface area (Å²) in [6.07, 6.45) is 1.68. The van der Waals surface area contributed by atoms with Crippen LogP contribution in [0.25, 0.3) is 33.1 Å². The van der Waals surface area contributed by atoms with Crippen molar-refractivity contribution >= 4 is 51.1 Å². The molecule has 0 radical (unpaired) electrons. The maximum Gasteiger partial charge on any atom is 0.282 e. The third kappa shape index (κ3) is 6.23. The van der Waals surface area contributed by atoms with Gasteiger partial charge in [0.2, 0.25) is 0 Å². The normalized spacial score (nSPS) is 11.6. The van der Waals surface area contributed by atoms with Crippen LogP contribution in [0.5, 0.6) is 11.5 Å². The van der Waals surface area contributed by atoms with Crippen LogP contribution >= 0.6 is 23.2 Å². The fraction of sp³-hybridized carbons (Fsp3) is 0.184. The Labute approximate surface area is 277 Å². The smallest absolute Gasteiger partial charge is 0.282 e. The van der Waals surface area contributed by atoms with Crippen molar-refractivity contribution in [3.05, 3.63) is 134 Å². The SMILES string of the molecule is CCOc1cc(C)c(-c2nc3ccccc3c(=O)n2N=Cc2c(OCc3ccc(Cl)cc3Cl)ccc3ccccc23)cc1C(C)C. The molecule has 0 saturated heterocycles. The molecule has 0 fully saturated rings. The number of nitrogens with zero attached hydrogens (tertiary/aromatic N) is 3. The highest BCUT2D eigenvalue weighted by atomic mass is 35.5. The summed E-state index contributed by atoms with van der Waals surface area (Å²) < 4.78 is 13.7. The van der Waals surface area contributed by atoms with Crippen molar-refractivity contribution in [1.29, 1.82) is 0 Å². The van der Waals surface area contributed by atoms with Crippen molar-refractivity contribution in [2.24, 2.45) is 5.10 Å². The first kappa shape index (κ1) is 31.3. The van der Waals surface area contributed by atoms with Gasteiger partial charge in [0.05, 0.1) is 23.7 Å². The topological polar surface area (TPSA) is 65.7 Å². The second kappa shape index (κ2) is 13.4. The molecule has 5 aromatic carbocycles. The summed E-state index contributed by atoms with van der Waals surface area (Å²) >= 11 is 12.5. The molecule has 0 aliphatic heterocycles. The summed E-state index contributed by atoms with van der Waals surface area (Å²) in [6, 6.07) is 28.6. The van der Waals surface area contributed by atoms with Crippen LogP contribution in [0.1, 0.15) is 48.9 Å². The van der Waals surface area contributed by atoms with Crippen LogP contribution in [0, 0.1) is 6.92 Å². The fourth-order valence-electron chi connectivity index (χ4n) is 5.52. The van der Waals surface area contributed by atoms with Crippen LogP contribution < -0.4 is 15.0 Å². The number of hydrogen-bond donors (Lipinski definition) is 0. The molecule has 0 aliphatic rings. The summed E-state index contributed by atoms with van der Waals surface area (Å²) in [5.41, 5.74) is 4.61. The number of ether oxygens (including phenoxy) is 2. The summed E-state index contributed by atoms with van der Waals surface area (Å²) in [4.78, 5) is 19.1. The van der Waals surface area contributed by atoms with Gasteiger partial charge in [-0.25, -0.2) is 4.98 Å². The number of aromatic nitrogens is 2. The Kier molecular flexibility index (Phi) is 9.11. The molecule has 1 aromatic heterocycles. The molecule has 6 aromatic rings. The lowest BCUT2D eigenvalue weighted by molar-refractivity contribution is 0.306. The molecule has 6 nitrogen and oxygen atoms in total. The fourth-order valence-corrected chi connectivity index (χ4v) is 5.98. The molecule has 0 amide bonds. The van der Waals surface area contributed by atoms with Crippen molar-refractivity contribution in [1.82, 2.24) is 9.66 Å². The van der Waals surface area contributed by atoms with Crippen molar-refractivity contribution in [3.8, 4) is 22.9 Å². The standard InChI is InChI=1S/C38H33Cl2N3O3/c1-5-45-36-18-24(4)31(20-30(36)23(2)3)37-42-34-13-9-8-12-29(34)38(44)43(37)41-21-32-28-11-7-6-10-25(28)15-17-35(32)46-22-26-14-16-27(39)19-33(26)40/h6-21,23H,5,22H2,1-4H3. The van der Waals surface area contributed by atoms with Gasteiger partial charge in [0.25, 0.3) is 5.56 Å². The molecule has 0 N–H and O–H groups in total. The van der Waals surface area contributed by atoms with Gasteiger partial charge in [0.15, 0.2) is 5.82 Å². The average Bonchev–Trinajstić information content (AvgIpc) is 3.04. The summed E-state index contributed by atoms with van der Waals surface area (Å²) in [5.74, 6) is 2.05. The van der Waals surface area contributed by atoms with Crippen molar-refractivity contribution in [2.75, 3.05) is 6.61 Å². The predicted octanol–water partition coefficient (Wildman–Crippen LogP) is 9.82. The Bertz CT molecular complexity index is 2170. The highest BCUT2D eigenvalue weighted by Gasteiger charge is 2.19. The number of fused-ring (bicyclic) bond motifs is 2. The number of para-hydroxylation sites is 1. The van der Waals surface area contributed by atoms with Gasteiger partial charge in [-0.1, -0.05) is 85.6 Å². The Morgan fingerprint density at radius 3 is 2.41 bits per heavy atom. The van der Waals surface area contributed by atoms with E-state index >= 15 is 0 Å². The first-order chi connectivity index (χ1) is 22.2. The second-order valence-electron chi connectivity index (χ2n) is 11.3. The van der Waals surface area contributed by atoms with E-state index in [1.165, 1.54) is 4.68 Å². The van der Waals surface area contributed by atoms with E-state index in [-0.39, 0.29) is 18.1 Å². The van der Waals surface area contributed by atoms with Crippen LogP contribution in [0.3, 0.4) is 0 Å². The lowest BCUT2D eigenvalue weighted by Crippen LogP contribution is -2.21. The Morgan fingerprint density at radius 1 is 0.891 bits per heavy atom.